The second-order valence-corrected chi connectivity index (χ2v) is 13.4. The van der Waals surface area contributed by atoms with Gasteiger partial charge in [-0.1, -0.05) is 86.5 Å². The first kappa shape index (κ1) is 27.3. The molecule has 0 N–H and O–H groups in total. The Kier molecular flexibility index (Phi) is 6.01. The minimum atomic E-state index is -0.0667. The molecule has 4 heterocycles. The summed E-state index contributed by atoms with van der Waals surface area (Å²) in [4.78, 5) is 10.9. The molecule has 0 bridgehead atoms. The van der Waals surface area contributed by atoms with E-state index in [9.17, 15) is 0 Å². The monoisotopic (exact) mass is 584 g/mol. The van der Waals surface area contributed by atoms with Gasteiger partial charge in [-0.2, -0.15) is 0 Å². The number of fused-ring (bicyclic) bond motifs is 6. The molecular weight excluding hydrogens is 548 g/mol. The molecule has 8 rings (SSSR count). The summed E-state index contributed by atoms with van der Waals surface area (Å²) in [5, 5.41) is 4.69. The van der Waals surface area contributed by atoms with E-state index in [1.165, 1.54) is 33.0 Å². The van der Waals surface area contributed by atoms with Crippen LogP contribution in [0, 0.1) is 20.8 Å². The van der Waals surface area contributed by atoms with Gasteiger partial charge in [0.1, 0.15) is 17.1 Å². The highest BCUT2D eigenvalue weighted by Gasteiger charge is 2.23. The molecule has 220 valence electrons. The predicted octanol–water partition coefficient (Wildman–Crippen LogP) is 10.6. The summed E-state index contributed by atoms with van der Waals surface area (Å²) >= 11 is 0. The van der Waals surface area contributed by atoms with Gasteiger partial charge in [-0.25, -0.2) is 9.97 Å². The number of hydrogen-bond acceptors (Lipinski definition) is 2. The topological polar surface area (TPSA) is 35.6 Å². The number of benzene rings is 4. The lowest BCUT2D eigenvalue weighted by Gasteiger charge is -2.22. The number of aryl methyl sites for hydroxylation is 3. The van der Waals surface area contributed by atoms with Crippen molar-refractivity contribution in [1.29, 1.82) is 0 Å². The first-order chi connectivity index (χ1) is 21.7. The molecule has 0 saturated carbocycles. The van der Waals surface area contributed by atoms with Crippen LogP contribution < -0.4 is 0 Å². The Balaban J connectivity index is 1.53. The van der Waals surface area contributed by atoms with Gasteiger partial charge in [0.05, 0.1) is 16.7 Å². The maximum absolute atomic E-state index is 5.56. The molecule has 0 saturated heterocycles. The van der Waals surface area contributed by atoms with Gasteiger partial charge in [0.2, 0.25) is 0 Å². The molecule has 4 nitrogen and oxygen atoms in total. The molecule has 4 aromatic carbocycles. The summed E-state index contributed by atoms with van der Waals surface area (Å²) in [5.74, 6) is 0.884. The van der Waals surface area contributed by atoms with Gasteiger partial charge >= 0.3 is 0 Å². The molecule has 0 amide bonds. The quantitative estimate of drug-likeness (QED) is 0.207. The molecular formula is C41H36N4. The molecule has 8 aromatic rings. The van der Waals surface area contributed by atoms with Gasteiger partial charge in [-0.15, -0.1) is 0 Å². The molecule has 0 fully saturated rings. The Labute approximate surface area is 263 Å². The SMILES string of the molecule is Cc1ccc2c(c1)c1cc3c4cc(C)ccc4n(-c4cc(C(C)(C)C)cc(-c5ccccc5C)n4)c3nc1n2-c1ccccc1. The summed E-state index contributed by atoms with van der Waals surface area (Å²) in [6.07, 6.45) is 0. The maximum atomic E-state index is 5.56. The highest BCUT2D eigenvalue weighted by molar-refractivity contribution is 6.16. The minimum absolute atomic E-state index is 0.0667. The third kappa shape index (κ3) is 4.35. The van der Waals surface area contributed by atoms with Crippen LogP contribution in [0.15, 0.2) is 109 Å². The average molecular weight is 585 g/mol. The Morgan fingerprint density at radius 2 is 1.13 bits per heavy atom. The fourth-order valence-corrected chi connectivity index (χ4v) is 6.71. The molecule has 4 heteroatoms. The number of hydrogen-bond donors (Lipinski definition) is 0. The molecule has 0 spiro atoms. The largest absolute Gasteiger partial charge is 0.294 e. The fourth-order valence-electron chi connectivity index (χ4n) is 6.71. The number of para-hydroxylation sites is 1. The van der Waals surface area contributed by atoms with E-state index in [0.29, 0.717) is 0 Å². The first-order valence-electron chi connectivity index (χ1n) is 15.7. The number of pyridine rings is 2. The van der Waals surface area contributed by atoms with Crippen molar-refractivity contribution >= 4 is 43.9 Å². The number of rotatable bonds is 3. The van der Waals surface area contributed by atoms with Crippen LogP contribution in [0.2, 0.25) is 0 Å². The van der Waals surface area contributed by atoms with E-state index < -0.39 is 0 Å². The summed E-state index contributed by atoms with van der Waals surface area (Å²) in [7, 11) is 0. The van der Waals surface area contributed by atoms with E-state index in [1.54, 1.807) is 0 Å². The van der Waals surface area contributed by atoms with E-state index in [-0.39, 0.29) is 5.41 Å². The van der Waals surface area contributed by atoms with Crippen LogP contribution in [0.5, 0.6) is 0 Å². The van der Waals surface area contributed by atoms with Crippen molar-refractivity contribution in [2.24, 2.45) is 0 Å². The summed E-state index contributed by atoms with van der Waals surface area (Å²) < 4.78 is 4.58. The molecule has 0 aliphatic heterocycles. The molecule has 4 aromatic heterocycles. The maximum Gasteiger partial charge on any atom is 0.149 e. The fraction of sp³-hybridized carbons (Fsp3) is 0.171. The smallest absolute Gasteiger partial charge is 0.149 e. The Morgan fingerprint density at radius 1 is 0.533 bits per heavy atom. The lowest BCUT2D eigenvalue weighted by atomic mass is 9.86. The lowest BCUT2D eigenvalue weighted by Crippen LogP contribution is -2.13. The molecule has 0 aliphatic rings. The second kappa shape index (κ2) is 9.90. The van der Waals surface area contributed by atoms with Gasteiger partial charge in [0.25, 0.3) is 0 Å². The zero-order valence-corrected chi connectivity index (χ0v) is 26.7. The summed E-state index contributed by atoms with van der Waals surface area (Å²) in [6.45, 7) is 13.3. The van der Waals surface area contributed by atoms with Crippen molar-refractivity contribution in [3.8, 4) is 22.8 Å². The predicted molar refractivity (Wildman–Crippen MR) is 189 cm³/mol. The van der Waals surface area contributed by atoms with Crippen LogP contribution >= 0.6 is 0 Å². The van der Waals surface area contributed by atoms with Crippen LogP contribution in [-0.4, -0.2) is 19.1 Å². The van der Waals surface area contributed by atoms with Crippen molar-refractivity contribution < 1.29 is 0 Å². The van der Waals surface area contributed by atoms with E-state index in [2.05, 4.69) is 160 Å². The third-order valence-corrected chi connectivity index (χ3v) is 9.11. The van der Waals surface area contributed by atoms with Crippen molar-refractivity contribution in [1.82, 2.24) is 19.1 Å². The standard InChI is InChI=1S/C41H36N4/c1-25-16-18-36-31(20-25)33-24-34-32-21-26(2)17-19-37(32)45(40(34)43-39(33)44(36)29-13-8-7-9-14-29)38-23-28(41(4,5)6)22-35(42-38)30-15-11-10-12-27(30)3/h7-24H,1-6H3. The second-order valence-electron chi connectivity index (χ2n) is 13.4. The third-order valence-electron chi connectivity index (χ3n) is 9.11. The van der Waals surface area contributed by atoms with Crippen LogP contribution in [0.25, 0.3) is 66.6 Å². The Bertz CT molecular complexity index is 2440. The minimum Gasteiger partial charge on any atom is -0.294 e. The van der Waals surface area contributed by atoms with Gasteiger partial charge in [0, 0.05) is 32.8 Å². The Morgan fingerprint density at radius 3 is 1.78 bits per heavy atom. The first-order valence-corrected chi connectivity index (χ1v) is 15.7. The summed E-state index contributed by atoms with van der Waals surface area (Å²) in [6, 6.07) is 39.4. The molecule has 45 heavy (non-hydrogen) atoms. The summed E-state index contributed by atoms with van der Waals surface area (Å²) in [5.41, 5.74) is 12.2. The number of aromatic nitrogens is 4. The molecule has 0 unspecified atom stereocenters. The van der Waals surface area contributed by atoms with E-state index in [1.807, 2.05) is 0 Å². The van der Waals surface area contributed by atoms with Crippen molar-refractivity contribution in [2.75, 3.05) is 0 Å². The lowest BCUT2D eigenvalue weighted by molar-refractivity contribution is 0.589. The zero-order valence-electron chi connectivity index (χ0n) is 26.7. The normalized spacial score (nSPS) is 12.2. The van der Waals surface area contributed by atoms with Crippen LogP contribution in [0.4, 0.5) is 0 Å². The van der Waals surface area contributed by atoms with Crippen molar-refractivity contribution in [3.05, 3.63) is 131 Å². The molecule has 0 radical (unpaired) electrons. The Hall–Kier alpha value is -5.22. The molecule has 0 atom stereocenters. The van der Waals surface area contributed by atoms with Crippen molar-refractivity contribution in [2.45, 2.75) is 47.0 Å². The van der Waals surface area contributed by atoms with Crippen LogP contribution in [-0.2, 0) is 5.41 Å². The van der Waals surface area contributed by atoms with E-state index >= 15 is 0 Å². The van der Waals surface area contributed by atoms with Crippen molar-refractivity contribution in [3.63, 3.8) is 0 Å². The van der Waals surface area contributed by atoms with Gasteiger partial charge in [-0.05, 0) is 91.9 Å². The van der Waals surface area contributed by atoms with Gasteiger partial charge < -0.3 is 0 Å². The number of nitrogens with zero attached hydrogens (tertiary/aromatic N) is 4. The van der Waals surface area contributed by atoms with E-state index in [0.717, 1.165) is 55.9 Å². The average Bonchev–Trinajstić information content (AvgIpc) is 3.51. The van der Waals surface area contributed by atoms with Gasteiger partial charge in [-0.3, -0.25) is 9.13 Å². The highest BCUT2D eigenvalue weighted by Crippen LogP contribution is 2.39. The van der Waals surface area contributed by atoms with Crippen LogP contribution in [0.3, 0.4) is 0 Å². The molecule has 0 aliphatic carbocycles. The zero-order chi connectivity index (χ0) is 31.0. The van der Waals surface area contributed by atoms with Crippen LogP contribution in [0.1, 0.15) is 43.0 Å². The van der Waals surface area contributed by atoms with E-state index in [4.69, 9.17) is 9.97 Å². The van der Waals surface area contributed by atoms with Gasteiger partial charge in [0.15, 0.2) is 0 Å². The highest BCUT2D eigenvalue weighted by atomic mass is 15.1.